The first-order chi connectivity index (χ1) is 10.8. The van der Waals surface area contributed by atoms with E-state index < -0.39 is 0 Å². The Morgan fingerprint density at radius 2 is 1.05 bits per heavy atom. The Balaban J connectivity index is 1.94. The predicted molar refractivity (Wildman–Crippen MR) is 90.0 cm³/mol. The van der Waals surface area contributed by atoms with Crippen molar-refractivity contribution < 1.29 is 0 Å². The minimum Gasteiger partial charge on any atom is -0.397 e. The van der Waals surface area contributed by atoms with Gasteiger partial charge in [-0.1, -0.05) is 54.6 Å². The van der Waals surface area contributed by atoms with Gasteiger partial charge in [0.1, 0.15) is 0 Å². The van der Waals surface area contributed by atoms with Gasteiger partial charge in [-0.05, 0) is 39.4 Å². The Morgan fingerprint density at radius 1 is 0.545 bits per heavy atom. The molecule has 3 aromatic rings. The van der Waals surface area contributed by atoms with E-state index >= 15 is 0 Å². The fourth-order valence-corrected chi connectivity index (χ4v) is 4.30. The van der Waals surface area contributed by atoms with E-state index in [2.05, 4.69) is 54.6 Å². The summed E-state index contributed by atoms with van der Waals surface area (Å²) in [6, 6.07) is 21.5. The number of nitrogen functional groups attached to an aromatic ring is 2. The van der Waals surface area contributed by atoms with E-state index in [1.54, 1.807) is 0 Å². The van der Waals surface area contributed by atoms with Gasteiger partial charge in [0, 0.05) is 11.8 Å². The molecule has 2 nitrogen and oxygen atoms in total. The molecule has 3 aliphatic rings. The van der Waals surface area contributed by atoms with Crippen LogP contribution < -0.4 is 11.5 Å². The molecular formula is C20H16N2. The molecule has 106 valence electrons. The molecule has 4 N–H and O–H groups in total. The van der Waals surface area contributed by atoms with Crippen LogP contribution in [0.15, 0.2) is 60.7 Å². The van der Waals surface area contributed by atoms with Crippen LogP contribution in [-0.4, -0.2) is 0 Å². The third-order valence-electron chi connectivity index (χ3n) is 5.19. The highest BCUT2D eigenvalue weighted by Crippen LogP contribution is 2.57. The zero-order valence-electron chi connectivity index (χ0n) is 12.1. The summed E-state index contributed by atoms with van der Waals surface area (Å²) in [5.74, 6) is 0.478. The molecule has 0 spiro atoms. The van der Waals surface area contributed by atoms with Gasteiger partial charge in [0.05, 0.1) is 11.4 Å². The second-order valence-electron chi connectivity index (χ2n) is 6.20. The molecule has 0 fully saturated rings. The van der Waals surface area contributed by atoms with E-state index in [0.717, 1.165) is 5.69 Å². The van der Waals surface area contributed by atoms with Gasteiger partial charge in [-0.15, -0.1) is 0 Å². The number of nitrogens with two attached hydrogens (primary N) is 2. The third-order valence-corrected chi connectivity index (χ3v) is 5.19. The Morgan fingerprint density at radius 3 is 1.59 bits per heavy atom. The van der Waals surface area contributed by atoms with Crippen molar-refractivity contribution in [3.8, 4) is 0 Å². The highest BCUT2D eigenvalue weighted by molar-refractivity contribution is 5.79. The van der Waals surface area contributed by atoms with Crippen molar-refractivity contribution >= 4 is 11.4 Å². The van der Waals surface area contributed by atoms with E-state index in [1.807, 2.05) is 6.07 Å². The van der Waals surface area contributed by atoms with Gasteiger partial charge in [-0.3, -0.25) is 0 Å². The minimum absolute atomic E-state index is 0.205. The minimum atomic E-state index is 0.205. The van der Waals surface area contributed by atoms with Crippen molar-refractivity contribution in [2.24, 2.45) is 0 Å². The quantitative estimate of drug-likeness (QED) is 0.424. The number of hydrogen-bond acceptors (Lipinski definition) is 2. The lowest BCUT2D eigenvalue weighted by Gasteiger charge is -2.42. The van der Waals surface area contributed by atoms with Gasteiger partial charge in [0.25, 0.3) is 0 Å². The lowest BCUT2D eigenvalue weighted by Crippen LogP contribution is -2.28. The van der Waals surface area contributed by atoms with Crippen molar-refractivity contribution in [2.45, 2.75) is 11.8 Å². The fraction of sp³-hybridized carbons (Fsp3) is 0.100. The van der Waals surface area contributed by atoms with Crippen molar-refractivity contribution in [1.82, 2.24) is 0 Å². The molecule has 2 bridgehead atoms. The topological polar surface area (TPSA) is 52.0 Å². The van der Waals surface area contributed by atoms with Gasteiger partial charge < -0.3 is 11.5 Å². The molecule has 2 heteroatoms. The summed E-state index contributed by atoms with van der Waals surface area (Å²) >= 11 is 0. The normalized spacial score (nSPS) is 20.2. The largest absolute Gasteiger partial charge is 0.397 e. The first-order valence-corrected chi connectivity index (χ1v) is 7.62. The van der Waals surface area contributed by atoms with E-state index in [4.69, 9.17) is 11.5 Å². The van der Waals surface area contributed by atoms with Gasteiger partial charge in [0.2, 0.25) is 0 Å². The Labute approximate surface area is 129 Å². The number of benzene rings is 3. The van der Waals surface area contributed by atoms with Gasteiger partial charge in [0.15, 0.2) is 0 Å². The zero-order chi connectivity index (χ0) is 14.8. The number of hydrogen-bond donors (Lipinski definition) is 2. The molecule has 22 heavy (non-hydrogen) atoms. The summed E-state index contributed by atoms with van der Waals surface area (Å²) in [6.45, 7) is 0. The summed E-state index contributed by atoms with van der Waals surface area (Å²) in [6.07, 6.45) is 0. The molecular weight excluding hydrogens is 268 g/mol. The van der Waals surface area contributed by atoms with Crippen LogP contribution in [-0.2, 0) is 0 Å². The van der Waals surface area contributed by atoms with Crippen LogP contribution in [0, 0.1) is 0 Å². The lowest BCUT2D eigenvalue weighted by atomic mass is 9.61. The van der Waals surface area contributed by atoms with Crippen molar-refractivity contribution in [1.29, 1.82) is 0 Å². The average molecular weight is 284 g/mol. The smallest absolute Gasteiger partial charge is 0.0593 e. The fourth-order valence-electron chi connectivity index (χ4n) is 4.30. The first kappa shape index (κ1) is 11.9. The van der Waals surface area contributed by atoms with Crippen LogP contribution in [0.4, 0.5) is 11.4 Å². The van der Waals surface area contributed by atoms with E-state index in [0.29, 0.717) is 5.69 Å². The van der Waals surface area contributed by atoms with Gasteiger partial charge in [-0.2, -0.15) is 0 Å². The molecule has 0 saturated heterocycles. The molecule has 0 saturated carbocycles. The summed E-state index contributed by atoms with van der Waals surface area (Å²) in [5.41, 5.74) is 22.0. The molecule has 0 atom stereocenters. The Kier molecular flexibility index (Phi) is 2.11. The lowest BCUT2D eigenvalue weighted by molar-refractivity contribution is 0.757. The molecule has 0 aliphatic heterocycles. The van der Waals surface area contributed by atoms with Crippen molar-refractivity contribution in [3.05, 3.63) is 94.0 Å². The summed E-state index contributed by atoms with van der Waals surface area (Å²) < 4.78 is 0. The maximum Gasteiger partial charge on any atom is 0.0593 e. The summed E-state index contributed by atoms with van der Waals surface area (Å²) in [7, 11) is 0. The van der Waals surface area contributed by atoms with E-state index in [-0.39, 0.29) is 11.8 Å². The van der Waals surface area contributed by atoms with Crippen LogP contribution >= 0.6 is 0 Å². The highest BCUT2D eigenvalue weighted by atomic mass is 14.7. The molecule has 6 rings (SSSR count). The van der Waals surface area contributed by atoms with Crippen molar-refractivity contribution in [2.75, 3.05) is 11.5 Å². The Hall–Kier alpha value is -2.74. The SMILES string of the molecule is Nc1ccc2c(c1N)C1c3ccccc3C2c2ccccc21. The van der Waals surface area contributed by atoms with Gasteiger partial charge in [-0.25, -0.2) is 0 Å². The monoisotopic (exact) mass is 284 g/mol. The molecule has 3 aromatic carbocycles. The number of rotatable bonds is 0. The van der Waals surface area contributed by atoms with Gasteiger partial charge >= 0.3 is 0 Å². The van der Waals surface area contributed by atoms with Crippen LogP contribution in [0.1, 0.15) is 45.2 Å². The molecule has 0 heterocycles. The van der Waals surface area contributed by atoms with Crippen molar-refractivity contribution in [3.63, 3.8) is 0 Å². The predicted octanol–water partition coefficient (Wildman–Crippen LogP) is 3.84. The van der Waals surface area contributed by atoms with E-state index in [1.165, 1.54) is 33.4 Å². The number of anilines is 2. The summed E-state index contributed by atoms with van der Waals surface area (Å²) in [5, 5.41) is 0. The average Bonchev–Trinajstić information content (AvgIpc) is 2.58. The molecule has 0 radical (unpaired) electrons. The van der Waals surface area contributed by atoms with E-state index in [9.17, 15) is 0 Å². The molecule has 0 aromatic heterocycles. The first-order valence-electron chi connectivity index (χ1n) is 7.62. The second kappa shape index (κ2) is 3.92. The van der Waals surface area contributed by atoms with Crippen LogP contribution in [0.25, 0.3) is 0 Å². The highest BCUT2D eigenvalue weighted by Gasteiger charge is 2.42. The maximum absolute atomic E-state index is 6.38. The molecule has 0 unspecified atom stereocenters. The maximum atomic E-state index is 6.38. The summed E-state index contributed by atoms with van der Waals surface area (Å²) in [4.78, 5) is 0. The van der Waals surface area contributed by atoms with Crippen LogP contribution in [0.5, 0.6) is 0 Å². The zero-order valence-corrected chi connectivity index (χ0v) is 12.1. The standard InChI is InChI=1S/C20H16N2/c21-16-10-9-15-17-11-5-1-3-7-13(11)18(19(15)20(16)22)14-8-4-2-6-12(14)17/h1-10,17-18H,21-22H2. The third kappa shape index (κ3) is 1.26. The molecule has 0 amide bonds. The van der Waals surface area contributed by atoms with Crippen LogP contribution in [0.3, 0.4) is 0 Å². The molecule has 3 aliphatic carbocycles. The Bertz CT molecular complexity index is 879. The second-order valence-corrected chi connectivity index (χ2v) is 6.20. The van der Waals surface area contributed by atoms with Crippen LogP contribution in [0.2, 0.25) is 0 Å².